The van der Waals surface area contributed by atoms with Crippen molar-refractivity contribution in [1.82, 2.24) is 15.2 Å². The van der Waals surface area contributed by atoms with Crippen LogP contribution in [0.25, 0.3) is 0 Å². The van der Waals surface area contributed by atoms with Crippen molar-refractivity contribution in [2.45, 2.75) is 13.3 Å². The Balaban J connectivity index is 2.88. The lowest BCUT2D eigenvalue weighted by Crippen LogP contribution is -1.98. The molecule has 0 fully saturated rings. The Morgan fingerprint density at radius 3 is 2.78 bits per heavy atom. The number of nitrogens with zero attached hydrogens (tertiary/aromatic N) is 3. The number of hydrogen-bond donors (Lipinski definition) is 1. The van der Waals surface area contributed by atoms with E-state index >= 15 is 0 Å². The highest BCUT2D eigenvalue weighted by molar-refractivity contribution is 5.11. The van der Waals surface area contributed by atoms with Crippen LogP contribution in [0.2, 0.25) is 0 Å². The summed E-state index contributed by atoms with van der Waals surface area (Å²) in [7, 11) is 0. The maximum absolute atomic E-state index is 5.20. The molecule has 2 N–H and O–H groups in total. The predicted molar refractivity (Wildman–Crippen MR) is 33.6 cm³/mol. The number of nitrogens with two attached hydrogens (primary N) is 1. The molecule has 1 aromatic heterocycles. The van der Waals surface area contributed by atoms with Crippen molar-refractivity contribution >= 4 is 5.95 Å². The minimum Gasteiger partial charge on any atom is -0.366 e. The number of aromatic nitrogens is 3. The molecule has 0 aromatic carbocycles. The Kier molecular flexibility index (Phi) is 1.58. The van der Waals surface area contributed by atoms with Gasteiger partial charge in [0.25, 0.3) is 0 Å². The van der Waals surface area contributed by atoms with Crippen LogP contribution in [0, 0.1) is 0 Å². The molecular formula is C5H8N4. The molecule has 0 radical (unpaired) electrons. The minimum atomic E-state index is 0.229. The number of anilines is 1. The first-order valence-electron chi connectivity index (χ1n) is 2.77. The van der Waals surface area contributed by atoms with Crippen molar-refractivity contribution < 1.29 is 0 Å². The van der Waals surface area contributed by atoms with E-state index in [2.05, 4.69) is 15.2 Å². The zero-order valence-corrected chi connectivity index (χ0v) is 5.20. The summed E-state index contributed by atoms with van der Waals surface area (Å²) < 4.78 is 0. The molecule has 0 aliphatic carbocycles. The van der Waals surface area contributed by atoms with Crippen molar-refractivity contribution in [1.29, 1.82) is 0 Å². The van der Waals surface area contributed by atoms with E-state index in [1.807, 2.05) is 6.92 Å². The van der Waals surface area contributed by atoms with Crippen molar-refractivity contribution in [2.24, 2.45) is 0 Å². The van der Waals surface area contributed by atoms with E-state index in [4.69, 9.17) is 5.73 Å². The first-order valence-corrected chi connectivity index (χ1v) is 2.77. The Labute approximate surface area is 53.1 Å². The molecule has 0 aliphatic heterocycles. The Hall–Kier alpha value is -1.19. The van der Waals surface area contributed by atoms with Crippen LogP contribution in [0.5, 0.6) is 0 Å². The predicted octanol–water partition coefficient (Wildman–Crippen LogP) is 0.0162. The van der Waals surface area contributed by atoms with Gasteiger partial charge in [-0.1, -0.05) is 6.92 Å². The lowest BCUT2D eigenvalue weighted by Gasteiger charge is -1.90. The molecular weight excluding hydrogens is 116 g/mol. The standard InChI is InChI=1S/C5H8N4/c1-2-4-3-7-5(6)9-8-4/h3H,2H2,1H3,(H2,6,7,9). The van der Waals surface area contributed by atoms with Crippen molar-refractivity contribution in [2.75, 3.05) is 5.73 Å². The number of hydrogen-bond acceptors (Lipinski definition) is 4. The van der Waals surface area contributed by atoms with E-state index < -0.39 is 0 Å². The largest absolute Gasteiger partial charge is 0.366 e. The second kappa shape index (κ2) is 2.39. The molecule has 0 atom stereocenters. The second-order valence-corrected chi connectivity index (χ2v) is 1.66. The van der Waals surface area contributed by atoms with Crippen LogP contribution in [0.15, 0.2) is 6.20 Å². The van der Waals surface area contributed by atoms with E-state index in [1.165, 1.54) is 0 Å². The zero-order valence-electron chi connectivity index (χ0n) is 5.20. The topological polar surface area (TPSA) is 64.7 Å². The highest BCUT2D eigenvalue weighted by Gasteiger charge is 1.89. The summed E-state index contributed by atoms with van der Waals surface area (Å²) in [6.45, 7) is 1.99. The molecule has 1 aromatic rings. The molecule has 0 bridgehead atoms. The third-order valence-corrected chi connectivity index (χ3v) is 0.989. The first kappa shape index (κ1) is 5.94. The van der Waals surface area contributed by atoms with Crippen LogP contribution in [-0.4, -0.2) is 15.2 Å². The van der Waals surface area contributed by atoms with Gasteiger partial charge in [0.2, 0.25) is 5.95 Å². The van der Waals surface area contributed by atoms with Crippen molar-refractivity contribution in [3.8, 4) is 0 Å². The summed E-state index contributed by atoms with van der Waals surface area (Å²) in [5.41, 5.74) is 6.06. The highest BCUT2D eigenvalue weighted by atomic mass is 15.2. The van der Waals surface area contributed by atoms with Crippen LogP contribution in [0.4, 0.5) is 5.95 Å². The maximum Gasteiger partial charge on any atom is 0.240 e. The van der Waals surface area contributed by atoms with Gasteiger partial charge in [0, 0.05) is 0 Å². The van der Waals surface area contributed by atoms with E-state index in [0.29, 0.717) is 0 Å². The van der Waals surface area contributed by atoms with Gasteiger partial charge in [-0.15, -0.1) is 5.10 Å². The molecule has 1 rings (SSSR count). The molecule has 0 unspecified atom stereocenters. The average Bonchev–Trinajstić information content (AvgIpc) is 1.90. The fourth-order valence-corrected chi connectivity index (χ4v) is 0.470. The van der Waals surface area contributed by atoms with Crippen LogP contribution in [-0.2, 0) is 6.42 Å². The summed E-state index contributed by atoms with van der Waals surface area (Å²) in [5, 5.41) is 7.33. The fourth-order valence-electron chi connectivity index (χ4n) is 0.470. The molecule has 9 heavy (non-hydrogen) atoms. The molecule has 4 nitrogen and oxygen atoms in total. The number of nitrogen functional groups attached to an aromatic ring is 1. The molecule has 0 saturated heterocycles. The quantitative estimate of drug-likeness (QED) is 0.573. The Morgan fingerprint density at radius 2 is 2.33 bits per heavy atom. The van der Waals surface area contributed by atoms with Crippen molar-refractivity contribution in [3.05, 3.63) is 11.9 Å². The average molecular weight is 124 g/mol. The van der Waals surface area contributed by atoms with E-state index in [9.17, 15) is 0 Å². The third-order valence-electron chi connectivity index (χ3n) is 0.989. The van der Waals surface area contributed by atoms with E-state index in [0.717, 1.165) is 12.1 Å². The van der Waals surface area contributed by atoms with Crippen LogP contribution in [0.1, 0.15) is 12.6 Å². The van der Waals surface area contributed by atoms with Crippen LogP contribution >= 0.6 is 0 Å². The van der Waals surface area contributed by atoms with Gasteiger partial charge in [-0.3, -0.25) is 0 Å². The SMILES string of the molecule is CCc1cnc(N)nn1. The van der Waals surface area contributed by atoms with Crippen LogP contribution < -0.4 is 5.73 Å². The van der Waals surface area contributed by atoms with Crippen molar-refractivity contribution in [3.63, 3.8) is 0 Å². The van der Waals surface area contributed by atoms with Gasteiger partial charge in [-0.2, -0.15) is 5.10 Å². The third kappa shape index (κ3) is 1.35. The lowest BCUT2D eigenvalue weighted by molar-refractivity contribution is 0.888. The summed E-state index contributed by atoms with van der Waals surface area (Å²) in [5.74, 6) is 0.229. The smallest absolute Gasteiger partial charge is 0.240 e. The second-order valence-electron chi connectivity index (χ2n) is 1.66. The van der Waals surface area contributed by atoms with Crippen LogP contribution in [0.3, 0.4) is 0 Å². The monoisotopic (exact) mass is 124 g/mol. The number of aryl methyl sites for hydroxylation is 1. The number of rotatable bonds is 1. The van der Waals surface area contributed by atoms with Gasteiger partial charge in [0.15, 0.2) is 0 Å². The van der Waals surface area contributed by atoms with E-state index in [-0.39, 0.29) is 5.95 Å². The highest BCUT2D eigenvalue weighted by Crippen LogP contribution is 1.90. The fraction of sp³-hybridized carbons (Fsp3) is 0.400. The molecule has 0 amide bonds. The summed E-state index contributed by atoms with van der Waals surface area (Å²) in [6.07, 6.45) is 2.47. The van der Waals surface area contributed by atoms with Gasteiger partial charge in [-0.25, -0.2) is 4.98 Å². The minimum absolute atomic E-state index is 0.229. The lowest BCUT2D eigenvalue weighted by atomic mass is 10.4. The molecule has 48 valence electrons. The maximum atomic E-state index is 5.20. The normalized spacial score (nSPS) is 9.44. The molecule has 0 spiro atoms. The molecule has 1 heterocycles. The van der Waals surface area contributed by atoms with Gasteiger partial charge in [0.05, 0.1) is 11.9 Å². The first-order chi connectivity index (χ1) is 4.33. The molecule has 4 heteroatoms. The molecule has 0 aliphatic rings. The summed E-state index contributed by atoms with van der Waals surface area (Å²) in [4.78, 5) is 3.75. The zero-order chi connectivity index (χ0) is 6.69. The van der Waals surface area contributed by atoms with E-state index in [1.54, 1.807) is 6.20 Å². The van der Waals surface area contributed by atoms with Gasteiger partial charge >= 0.3 is 0 Å². The Morgan fingerprint density at radius 1 is 1.56 bits per heavy atom. The van der Waals surface area contributed by atoms with Gasteiger partial charge < -0.3 is 5.73 Å². The van der Waals surface area contributed by atoms with Gasteiger partial charge in [-0.05, 0) is 6.42 Å². The van der Waals surface area contributed by atoms with Gasteiger partial charge in [0.1, 0.15) is 0 Å². The molecule has 0 saturated carbocycles. The Bertz CT molecular complexity index is 181. The summed E-state index contributed by atoms with van der Waals surface area (Å²) in [6, 6.07) is 0. The summed E-state index contributed by atoms with van der Waals surface area (Å²) >= 11 is 0.